The third-order valence-electron chi connectivity index (χ3n) is 6.89. The number of imidazole rings is 1. The van der Waals surface area contributed by atoms with Gasteiger partial charge < -0.3 is 14.5 Å². The maximum absolute atomic E-state index is 15.2. The van der Waals surface area contributed by atoms with Crippen molar-refractivity contribution in [3.05, 3.63) is 88.6 Å². The number of hydrogen-bond acceptors (Lipinski definition) is 6. The normalized spacial score (nSPS) is 13.3. The van der Waals surface area contributed by atoms with Gasteiger partial charge in [-0.3, -0.25) is 4.79 Å². The van der Waals surface area contributed by atoms with E-state index in [1.807, 2.05) is 36.7 Å². The Labute approximate surface area is 218 Å². The number of carbonyl (C=O) groups excluding carboxylic acids is 1. The summed E-state index contributed by atoms with van der Waals surface area (Å²) in [5.41, 5.74) is 5.70. The number of halogens is 1. The van der Waals surface area contributed by atoms with Crippen LogP contribution in [-0.2, 0) is 13.1 Å². The summed E-state index contributed by atoms with van der Waals surface area (Å²) >= 11 is 0. The van der Waals surface area contributed by atoms with Crippen molar-refractivity contribution < 1.29 is 13.9 Å². The van der Waals surface area contributed by atoms with Crippen LogP contribution in [0.5, 0.6) is 5.75 Å². The first-order valence-corrected chi connectivity index (χ1v) is 12.4. The second-order valence-electron chi connectivity index (χ2n) is 9.64. The third kappa shape index (κ3) is 4.51. The van der Waals surface area contributed by atoms with Gasteiger partial charge >= 0.3 is 0 Å². The number of nitrogens with one attached hydrogen (secondary N) is 1. The van der Waals surface area contributed by atoms with Crippen LogP contribution in [-0.4, -0.2) is 47.2 Å². The first-order valence-electron chi connectivity index (χ1n) is 12.4. The van der Waals surface area contributed by atoms with Gasteiger partial charge in [-0.25, -0.2) is 18.7 Å². The molecule has 4 aromatic heterocycles. The molecular weight excluding hydrogens is 487 g/mol. The number of pyridine rings is 1. The lowest BCUT2D eigenvalue weighted by Gasteiger charge is -2.14. The van der Waals surface area contributed by atoms with E-state index in [1.54, 1.807) is 27.7 Å². The van der Waals surface area contributed by atoms with E-state index in [0.29, 0.717) is 18.2 Å². The SMILES string of the molecule is COc1ccc(-n2cc(C)c(C)n2)c(CNC(=O)c2cn(Cc3cn4cc(C5CC5)ccc4n3)nn2)c1F. The van der Waals surface area contributed by atoms with Gasteiger partial charge in [0.15, 0.2) is 17.3 Å². The van der Waals surface area contributed by atoms with Crippen LogP contribution in [0, 0.1) is 19.7 Å². The zero-order chi connectivity index (χ0) is 26.4. The molecule has 0 aliphatic heterocycles. The molecule has 11 heteroatoms. The van der Waals surface area contributed by atoms with Gasteiger partial charge in [-0.05, 0) is 61.9 Å². The molecular formula is C27H27FN8O2. The maximum Gasteiger partial charge on any atom is 0.273 e. The van der Waals surface area contributed by atoms with E-state index in [0.717, 1.165) is 22.6 Å². The van der Waals surface area contributed by atoms with Gasteiger partial charge in [0.25, 0.3) is 5.91 Å². The molecule has 0 unspecified atom stereocenters. The highest BCUT2D eigenvalue weighted by Gasteiger charge is 2.24. The molecule has 1 N–H and O–H groups in total. The molecule has 1 aliphatic carbocycles. The Hall–Kier alpha value is -4.54. The lowest BCUT2D eigenvalue weighted by molar-refractivity contribution is 0.0945. The Morgan fingerprint density at radius 3 is 2.71 bits per heavy atom. The molecule has 0 bridgehead atoms. The van der Waals surface area contributed by atoms with Crippen molar-refractivity contribution in [2.75, 3.05) is 7.11 Å². The quantitative estimate of drug-likeness (QED) is 0.338. The van der Waals surface area contributed by atoms with E-state index in [2.05, 4.69) is 38.0 Å². The van der Waals surface area contributed by atoms with Gasteiger partial charge in [0.05, 0.1) is 36.9 Å². The van der Waals surface area contributed by atoms with E-state index in [-0.39, 0.29) is 23.6 Å². The molecule has 0 spiro atoms. The molecule has 194 valence electrons. The molecule has 0 saturated heterocycles. The maximum atomic E-state index is 15.2. The largest absolute Gasteiger partial charge is 0.494 e. The zero-order valence-electron chi connectivity index (χ0n) is 21.3. The van der Waals surface area contributed by atoms with Gasteiger partial charge in [0, 0.05) is 30.7 Å². The number of benzene rings is 1. The van der Waals surface area contributed by atoms with Crippen molar-refractivity contribution in [1.82, 2.24) is 39.5 Å². The van der Waals surface area contributed by atoms with Crippen LogP contribution in [0.25, 0.3) is 11.3 Å². The number of nitrogens with zero attached hydrogens (tertiary/aromatic N) is 7. The Morgan fingerprint density at radius 1 is 1.13 bits per heavy atom. The summed E-state index contributed by atoms with van der Waals surface area (Å²) in [6.07, 6.45) is 9.95. The van der Waals surface area contributed by atoms with Gasteiger partial charge in [-0.1, -0.05) is 11.3 Å². The molecule has 0 radical (unpaired) electrons. The minimum Gasteiger partial charge on any atom is -0.494 e. The number of aryl methyl sites for hydroxylation is 2. The van der Waals surface area contributed by atoms with Gasteiger partial charge in [0.1, 0.15) is 5.65 Å². The monoisotopic (exact) mass is 514 g/mol. The molecule has 0 atom stereocenters. The Kier molecular flexibility index (Phi) is 5.90. The number of aromatic nitrogens is 7. The summed E-state index contributed by atoms with van der Waals surface area (Å²) in [4.78, 5) is 17.5. The van der Waals surface area contributed by atoms with Crippen molar-refractivity contribution in [2.24, 2.45) is 0 Å². The van der Waals surface area contributed by atoms with Crippen molar-refractivity contribution >= 4 is 11.6 Å². The van der Waals surface area contributed by atoms with Crippen LogP contribution in [0.3, 0.4) is 0 Å². The topological polar surface area (TPSA) is 104 Å². The van der Waals surface area contributed by atoms with Crippen LogP contribution in [0.4, 0.5) is 4.39 Å². The number of rotatable bonds is 8. The number of hydrogen-bond donors (Lipinski definition) is 1. The summed E-state index contributed by atoms with van der Waals surface area (Å²) in [5.74, 6) is -0.282. The Morgan fingerprint density at radius 2 is 1.97 bits per heavy atom. The highest BCUT2D eigenvalue weighted by molar-refractivity contribution is 5.91. The van der Waals surface area contributed by atoms with Gasteiger partial charge in [-0.2, -0.15) is 5.10 Å². The average molecular weight is 515 g/mol. The Balaban J connectivity index is 1.17. The van der Waals surface area contributed by atoms with Crippen molar-refractivity contribution in [1.29, 1.82) is 0 Å². The first-order chi connectivity index (χ1) is 18.4. The molecule has 4 heterocycles. The van der Waals surface area contributed by atoms with E-state index in [9.17, 15) is 4.79 Å². The highest BCUT2D eigenvalue weighted by atomic mass is 19.1. The molecule has 1 amide bonds. The van der Waals surface area contributed by atoms with Gasteiger partial charge in [-0.15, -0.1) is 5.10 Å². The summed E-state index contributed by atoms with van der Waals surface area (Å²) in [5, 5.41) is 15.3. The van der Waals surface area contributed by atoms with E-state index < -0.39 is 11.7 Å². The smallest absolute Gasteiger partial charge is 0.273 e. The fourth-order valence-corrected chi connectivity index (χ4v) is 4.50. The molecule has 1 aromatic carbocycles. The predicted octanol–water partition coefficient (Wildman–Crippen LogP) is 3.73. The predicted molar refractivity (Wildman–Crippen MR) is 137 cm³/mol. The summed E-state index contributed by atoms with van der Waals surface area (Å²) in [7, 11) is 1.40. The minimum absolute atomic E-state index is 0.0845. The summed E-state index contributed by atoms with van der Waals surface area (Å²) in [6.45, 7) is 4.10. The molecule has 6 rings (SSSR count). The summed E-state index contributed by atoms with van der Waals surface area (Å²) in [6, 6.07) is 7.41. The third-order valence-corrected chi connectivity index (χ3v) is 6.89. The van der Waals surface area contributed by atoms with Crippen LogP contribution in [0.1, 0.15) is 57.3 Å². The Bertz CT molecular complexity index is 1640. The van der Waals surface area contributed by atoms with Crippen molar-refractivity contribution in [3.8, 4) is 11.4 Å². The van der Waals surface area contributed by atoms with Crippen molar-refractivity contribution in [3.63, 3.8) is 0 Å². The average Bonchev–Trinajstić information content (AvgIpc) is 3.37. The van der Waals surface area contributed by atoms with Crippen LogP contribution in [0.15, 0.2) is 49.1 Å². The van der Waals surface area contributed by atoms with Crippen LogP contribution >= 0.6 is 0 Å². The lowest BCUT2D eigenvalue weighted by atomic mass is 10.1. The van der Waals surface area contributed by atoms with Crippen molar-refractivity contribution in [2.45, 2.75) is 45.7 Å². The summed E-state index contributed by atoms with van der Waals surface area (Å²) < 4.78 is 25.6. The minimum atomic E-state index is -0.559. The second kappa shape index (κ2) is 9.40. The second-order valence-corrected chi connectivity index (χ2v) is 9.64. The van der Waals surface area contributed by atoms with Gasteiger partial charge in [0.2, 0.25) is 0 Å². The van der Waals surface area contributed by atoms with E-state index in [1.165, 1.54) is 25.5 Å². The van der Waals surface area contributed by atoms with Crippen LogP contribution in [0.2, 0.25) is 0 Å². The molecule has 1 aliphatic rings. The standard InChI is InChI=1S/C27H27FN8O2/c1-16-11-36(32-17(16)2)23-7-8-24(38-3)26(28)21(23)10-29-27(37)22-15-35(33-31-22)14-20-13-34-12-19(18-4-5-18)6-9-25(34)30-20/h6-9,11-13,15,18H,4-5,10,14H2,1-3H3,(H,29,37). The highest BCUT2D eigenvalue weighted by Crippen LogP contribution is 2.39. The fourth-order valence-electron chi connectivity index (χ4n) is 4.50. The molecule has 5 aromatic rings. The number of methoxy groups -OCH3 is 1. The number of ether oxygens (including phenoxy) is 1. The van der Waals surface area contributed by atoms with Crippen LogP contribution < -0.4 is 10.1 Å². The molecule has 38 heavy (non-hydrogen) atoms. The zero-order valence-corrected chi connectivity index (χ0v) is 21.3. The van der Waals surface area contributed by atoms with E-state index >= 15 is 4.39 Å². The lowest BCUT2D eigenvalue weighted by Crippen LogP contribution is -2.25. The molecule has 1 fully saturated rings. The molecule has 10 nitrogen and oxygen atoms in total. The fraction of sp³-hybridized carbons (Fsp3) is 0.296. The van der Waals surface area contributed by atoms with E-state index in [4.69, 9.17) is 4.74 Å². The number of amides is 1. The first kappa shape index (κ1) is 23.8. The number of carbonyl (C=O) groups is 1. The molecule has 1 saturated carbocycles. The number of fused-ring (bicyclic) bond motifs is 1.